The second-order valence-corrected chi connectivity index (χ2v) is 8.86. The molecular formula is C20H20F2N2O4S. The quantitative estimate of drug-likeness (QED) is 0.821. The van der Waals surface area contributed by atoms with Crippen LogP contribution in [0.25, 0.3) is 0 Å². The highest BCUT2D eigenvalue weighted by molar-refractivity contribution is 7.92. The van der Waals surface area contributed by atoms with Gasteiger partial charge in [-0.15, -0.1) is 0 Å². The standard InChI is InChI=1S/C20H20F2N2O4S/c21-17-6-5-15(12-18(17)22)29(26,27)23-13-4-7-19-16(11-13)20(25)24-9-2-1-3-14(24)8-10-28-19/h4-7,11-12,14,23H,1-3,8-10H2. The zero-order valence-corrected chi connectivity index (χ0v) is 16.3. The molecule has 1 atom stereocenters. The van der Waals surface area contributed by atoms with Crippen LogP contribution in [-0.2, 0) is 10.0 Å². The van der Waals surface area contributed by atoms with Crippen LogP contribution in [0.15, 0.2) is 41.3 Å². The molecule has 1 fully saturated rings. The van der Waals surface area contributed by atoms with Crippen molar-refractivity contribution >= 4 is 21.6 Å². The number of nitrogens with one attached hydrogen (secondary N) is 1. The number of amides is 1. The van der Waals surface area contributed by atoms with Crippen molar-refractivity contribution in [3.8, 4) is 5.75 Å². The molecule has 0 aromatic heterocycles. The largest absolute Gasteiger partial charge is 0.493 e. The van der Waals surface area contributed by atoms with Gasteiger partial charge in [0.25, 0.3) is 15.9 Å². The van der Waals surface area contributed by atoms with E-state index in [1.807, 2.05) is 4.90 Å². The van der Waals surface area contributed by atoms with Gasteiger partial charge in [-0.05, 0) is 55.7 Å². The number of benzene rings is 2. The van der Waals surface area contributed by atoms with E-state index in [0.717, 1.165) is 37.8 Å². The summed E-state index contributed by atoms with van der Waals surface area (Å²) in [6.07, 6.45) is 3.68. The average molecular weight is 422 g/mol. The monoisotopic (exact) mass is 422 g/mol. The van der Waals surface area contributed by atoms with Crippen molar-refractivity contribution in [1.29, 1.82) is 0 Å². The van der Waals surface area contributed by atoms with Gasteiger partial charge in [-0.2, -0.15) is 0 Å². The number of piperidine rings is 1. The van der Waals surface area contributed by atoms with E-state index in [0.29, 0.717) is 25.0 Å². The molecule has 0 spiro atoms. The van der Waals surface area contributed by atoms with Crippen molar-refractivity contribution < 1.29 is 26.7 Å². The molecule has 0 radical (unpaired) electrons. The molecule has 0 aliphatic carbocycles. The van der Waals surface area contributed by atoms with Gasteiger partial charge in [-0.25, -0.2) is 17.2 Å². The van der Waals surface area contributed by atoms with Crippen molar-refractivity contribution in [1.82, 2.24) is 4.90 Å². The Bertz CT molecular complexity index is 1060. The van der Waals surface area contributed by atoms with Crippen LogP contribution in [0.2, 0.25) is 0 Å². The number of hydrogen-bond acceptors (Lipinski definition) is 4. The molecule has 2 aromatic rings. The summed E-state index contributed by atoms with van der Waals surface area (Å²) >= 11 is 0. The smallest absolute Gasteiger partial charge is 0.261 e. The molecule has 0 bridgehead atoms. The zero-order chi connectivity index (χ0) is 20.6. The number of anilines is 1. The van der Waals surface area contributed by atoms with Gasteiger partial charge in [0.1, 0.15) is 5.75 Å². The van der Waals surface area contributed by atoms with E-state index in [9.17, 15) is 22.0 Å². The van der Waals surface area contributed by atoms with Crippen LogP contribution in [-0.4, -0.2) is 38.4 Å². The molecule has 2 heterocycles. The third-order valence-corrected chi connectivity index (χ3v) is 6.64. The van der Waals surface area contributed by atoms with Gasteiger partial charge in [-0.1, -0.05) is 0 Å². The molecule has 6 nitrogen and oxygen atoms in total. The molecule has 1 unspecified atom stereocenters. The Morgan fingerprint density at radius 3 is 2.66 bits per heavy atom. The highest BCUT2D eigenvalue weighted by Gasteiger charge is 2.31. The Labute approximate surface area is 167 Å². The number of halogens is 2. The predicted molar refractivity (Wildman–Crippen MR) is 102 cm³/mol. The molecule has 9 heteroatoms. The van der Waals surface area contributed by atoms with Crippen LogP contribution in [0.5, 0.6) is 5.75 Å². The fourth-order valence-corrected chi connectivity index (χ4v) is 4.83. The maximum atomic E-state index is 13.4. The molecule has 154 valence electrons. The van der Waals surface area contributed by atoms with Gasteiger partial charge >= 0.3 is 0 Å². The average Bonchev–Trinajstić information content (AvgIpc) is 2.69. The fraction of sp³-hybridized carbons (Fsp3) is 0.350. The molecule has 2 aliphatic heterocycles. The van der Waals surface area contributed by atoms with E-state index in [-0.39, 0.29) is 23.2 Å². The molecule has 29 heavy (non-hydrogen) atoms. The Balaban J connectivity index is 1.65. The van der Waals surface area contributed by atoms with Gasteiger partial charge in [0.05, 0.1) is 17.1 Å². The van der Waals surface area contributed by atoms with E-state index >= 15 is 0 Å². The van der Waals surface area contributed by atoms with Gasteiger partial charge in [0, 0.05) is 24.7 Å². The Morgan fingerprint density at radius 1 is 1.03 bits per heavy atom. The Morgan fingerprint density at radius 2 is 1.86 bits per heavy atom. The normalized spacial score (nSPS) is 19.4. The summed E-state index contributed by atoms with van der Waals surface area (Å²) in [6.45, 7) is 1.13. The molecule has 2 aromatic carbocycles. The lowest BCUT2D eigenvalue weighted by Gasteiger charge is -2.37. The molecule has 1 saturated heterocycles. The van der Waals surface area contributed by atoms with Crippen molar-refractivity contribution in [2.24, 2.45) is 0 Å². The van der Waals surface area contributed by atoms with E-state index in [1.165, 1.54) is 12.1 Å². The predicted octanol–water partition coefficient (Wildman–Crippen LogP) is 3.54. The summed E-state index contributed by atoms with van der Waals surface area (Å²) in [5.74, 6) is -2.19. The Kier molecular flexibility index (Phi) is 5.16. The second-order valence-electron chi connectivity index (χ2n) is 7.18. The van der Waals surface area contributed by atoms with Gasteiger partial charge in [0.15, 0.2) is 11.6 Å². The zero-order valence-electron chi connectivity index (χ0n) is 15.5. The number of carbonyl (C=O) groups excluding carboxylic acids is 1. The number of ether oxygens (including phenoxy) is 1. The third-order valence-electron chi connectivity index (χ3n) is 5.26. The van der Waals surface area contributed by atoms with E-state index < -0.39 is 26.6 Å². The highest BCUT2D eigenvalue weighted by atomic mass is 32.2. The van der Waals surface area contributed by atoms with E-state index in [1.54, 1.807) is 6.07 Å². The first kappa shape index (κ1) is 19.6. The van der Waals surface area contributed by atoms with Crippen molar-refractivity contribution in [2.45, 2.75) is 36.6 Å². The number of rotatable bonds is 3. The van der Waals surface area contributed by atoms with Crippen LogP contribution in [0.1, 0.15) is 36.0 Å². The summed E-state index contributed by atoms with van der Waals surface area (Å²) in [4.78, 5) is 14.5. The van der Waals surface area contributed by atoms with Crippen LogP contribution in [0.3, 0.4) is 0 Å². The summed E-state index contributed by atoms with van der Waals surface area (Å²) in [6, 6.07) is 6.88. The maximum Gasteiger partial charge on any atom is 0.261 e. The summed E-state index contributed by atoms with van der Waals surface area (Å²) in [5, 5.41) is 0. The van der Waals surface area contributed by atoms with Crippen LogP contribution in [0.4, 0.5) is 14.5 Å². The first-order valence-electron chi connectivity index (χ1n) is 9.41. The summed E-state index contributed by atoms with van der Waals surface area (Å²) in [5.41, 5.74) is 0.418. The molecule has 1 N–H and O–H groups in total. The van der Waals surface area contributed by atoms with Gasteiger partial charge in [0.2, 0.25) is 0 Å². The maximum absolute atomic E-state index is 13.4. The van der Waals surface area contributed by atoms with Crippen molar-refractivity contribution in [2.75, 3.05) is 17.9 Å². The van der Waals surface area contributed by atoms with Crippen LogP contribution < -0.4 is 9.46 Å². The van der Waals surface area contributed by atoms with Crippen molar-refractivity contribution in [3.63, 3.8) is 0 Å². The van der Waals surface area contributed by atoms with E-state index in [2.05, 4.69) is 4.72 Å². The number of hydrogen-bond donors (Lipinski definition) is 1. The molecule has 2 aliphatic rings. The first-order valence-corrected chi connectivity index (χ1v) is 10.9. The lowest BCUT2D eigenvalue weighted by atomic mass is 9.97. The lowest BCUT2D eigenvalue weighted by molar-refractivity contribution is 0.0548. The van der Waals surface area contributed by atoms with Gasteiger partial charge < -0.3 is 9.64 Å². The molecule has 1 amide bonds. The number of carbonyl (C=O) groups is 1. The lowest BCUT2D eigenvalue weighted by Crippen LogP contribution is -2.45. The number of sulfonamides is 1. The van der Waals surface area contributed by atoms with Crippen molar-refractivity contribution in [3.05, 3.63) is 53.6 Å². The Hall–Kier alpha value is -2.68. The minimum Gasteiger partial charge on any atom is -0.493 e. The summed E-state index contributed by atoms with van der Waals surface area (Å²) < 4.78 is 59.7. The SMILES string of the molecule is O=C1c2cc(NS(=O)(=O)c3ccc(F)c(F)c3)ccc2OCCC2CCCCN12. The topological polar surface area (TPSA) is 75.7 Å². The van der Waals surface area contributed by atoms with Crippen LogP contribution >= 0.6 is 0 Å². The third kappa shape index (κ3) is 3.91. The molecular weight excluding hydrogens is 402 g/mol. The second kappa shape index (κ2) is 7.62. The fourth-order valence-electron chi connectivity index (χ4n) is 3.77. The molecule has 0 saturated carbocycles. The highest BCUT2D eigenvalue weighted by Crippen LogP contribution is 2.31. The number of nitrogens with zero attached hydrogens (tertiary/aromatic N) is 1. The number of fused-ring (bicyclic) bond motifs is 2. The summed E-state index contributed by atoms with van der Waals surface area (Å²) in [7, 11) is -4.16. The van der Waals surface area contributed by atoms with Gasteiger partial charge in [-0.3, -0.25) is 9.52 Å². The van der Waals surface area contributed by atoms with E-state index in [4.69, 9.17) is 4.74 Å². The minimum absolute atomic E-state index is 0.118. The molecule has 4 rings (SSSR count). The minimum atomic E-state index is -4.16. The first-order chi connectivity index (χ1) is 13.8. The van der Waals surface area contributed by atoms with Crippen LogP contribution in [0, 0.1) is 11.6 Å².